The van der Waals surface area contributed by atoms with E-state index in [1.165, 1.54) is 12.1 Å². The van der Waals surface area contributed by atoms with Gasteiger partial charge in [-0.2, -0.15) is 0 Å². The first kappa shape index (κ1) is 3.94. The fraction of sp³-hybridized carbons (Fsp3) is 0. The Morgan fingerprint density at radius 3 is 2.86 bits per heavy atom. The van der Waals surface area contributed by atoms with Gasteiger partial charge in [-0.1, -0.05) is 6.07 Å². The van der Waals surface area contributed by atoms with Gasteiger partial charge in [0.1, 0.15) is 0 Å². The van der Waals surface area contributed by atoms with Gasteiger partial charge in [-0.25, -0.2) is 0 Å². The molecule has 0 bridgehead atoms. The smallest absolute Gasteiger partial charge is 0.256 e. The van der Waals surface area contributed by atoms with Gasteiger partial charge in [0.15, 0.2) is 0 Å². The van der Waals surface area contributed by atoms with Crippen molar-refractivity contribution in [1.82, 2.24) is 4.98 Å². The number of nitrogens with one attached hydrogen (secondary N) is 1. The second-order valence-corrected chi connectivity index (χ2v) is 1.09. The lowest BCUT2D eigenvalue weighted by Gasteiger charge is -1.65. The van der Waals surface area contributed by atoms with Crippen molar-refractivity contribution in [2.24, 2.45) is 0 Å². The maximum atomic E-state index is 10.2. The molecule has 0 radical (unpaired) electrons. The molecule has 0 aliphatic heterocycles. The zero-order chi connectivity index (χ0) is 5.11. The van der Waals surface area contributed by atoms with E-state index in [2.05, 4.69) is 17.2 Å². The Morgan fingerprint density at radius 1 is 1.71 bits per heavy atom. The fourth-order valence-electron chi connectivity index (χ4n) is 0.298. The molecule has 0 aromatic carbocycles. The van der Waals surface area contributed by atoms with Crippen LogP contribution in [0, 0.1) is 12.3 Å². The molecule has 2 nitrogen and oxygen atoms in total. The third-order valence-electron chi connectivity index (χ3n) is 0.576. The standard InChI is InChI=1S/C5H3NO/c7-5-3-1-2-4-6-5/h1,3H,(H,6,7). The summed E-state index contributed by atoms with van der Waals surface area (Å²) in [4.78, 5) is 12.5. The summed E-state index contributed by atoms with van der Waals surface area (Å²) in [5.41, 5.74) is -0.140. The second kappa shape index (κ2) is 1.48. The van der Waals surface area contributed by atoms with Crippen molar-refractivity contribution in [3.8, 4) is 0 Å². The van der Waals surface area contributed by atoms with E-state index in [0.29, 0.717) is 0 Å². The third-order valence-corrected chi connectivity index (χ3v) is 0.576. The number of hydrogen-bond donors (Lipinski definition) is 1. The van der Waals surface area contributed by atoms with Gasteiger partial charge >= 0.3 is 0 Å². The zero-order valence-corrected chi connectivity index (χ0v) is 3.56. The predicted octanol–water partition coefficient (Wildman–Crippen LogP) is -0.0247. The van der Waals surface area contributed by atoms with Crippen molar-refractivity contribution < 1.29 is 0 Å². The van der Waals surface area contributed by atoms with Gasteiger partial charge in [0.2, 0.25) is 0 Å². The second-order valence-electron chi connectivity index (χ2n) is 1.09. The van der Waals surface area contributed by atoms with Crippen LogP contribution in [0.15, 0.2) is 16.9 Å². The maximum absolute atomic E-state index is 10.2. The molecule has 0 unspecified atom stereocenters. The summed E-state index contributed by atoms with van der Waals surface area (Å²) < 4.78 is 0. The van der Waals surface area contributed by atoms with Crippen LogP contribution in [0.25, 0.3) is 0 Å². The topological polar surface area (TPSA) is 32.9 Å². The lowest BCUT2D eigenvalue weighted by Crippen LogP contribution is -1.97. The molecule has 0 aliphatic rings. The molecule has 1 rings (SSSR count). The molecule has 34 valence electrons. The molecule has 2 heteroatoms. The highest BCUT2D eigenvalue weighted by Crippen LogP contribution is 1.56. The van der Waals surface area contributed by atoms with Crippen molar-refractivity contribution in [2.75, 3.05) is 0 Å². The molecule has 0 amide bonds. The highest BCUT2D eigenvalue weighted by atomic mass is 16.1. The minimum absolute atomic E-state index is 0.140. The van der Waals surface area contributed by atoms with Gasteiger partial charge in [0.25, 0.3) is 5.56 Å². The summed E-state index contributed by atoms with van der Waals surface area (Å²) in [6, 6.07) is 5.45. The molecular weight excluding hydrogens is 90.1 g/mol. The largest absolute Gasteiger partial charge is 0.281 e. The summed E-state index contributed by atoms with van der Waals surface area (Å²) in [5.74, 6) is 0. The number of rotatable bonds is 0. The van der Waals surface area contributed by atoms with Gasteiger partial charge in [-0.3, -0.25) is 9.78 Å². The Hall–Kier alpha value is -1.23. The Balaban J connectivity index is 3.28. The molecule has 0 saturated heterocycles. The summed E-state index contributed by atoms with van der Waals surface area (Å²) in [6.45, 7) is 0. The SMILES string of the molecule is O=c1ccc#c[nH]1. The average molecular weight is 93.1 g/mol. The van der Waals surface area contributed by atoms with Gasteiger partial charge in [-0.05, 0) is 6.07 Å². The van der Waals surface area contributed by atoms with Crippen LogP contribution in [-0.2, 0) is 0 Å². The zero-order valence-electron chi connectivity index (χ0n) is 3.56. The Labute approximate surface area is 40.8 Å². The van der Waals surface area contributed by atoms with E-state index in [0.717, 1.165) is 0 Å². The van der Waals surface area contributed by atoms with Crippen molar-refractivity contribution in [2.45, 2.75) is 0 Å². The van der Waals surface area contributed by atoms with Crippen LogP contribution in [0.4, 0.5) is 0 Å². The number of H-pyrrole nitrogens is 1. The van der Waals surface area contributed by atoms with Gasteiger partial charge in [0, 0.05) is 12.3 Å². The molecule has 0 saturated carbocycles. The van der Waals surface area contributed by atoms with Crippen LogP contribution in [0.3, 0.4) is 0 Å². The lowest BCUT2D eigenvalue weighted by atomic mass is 10.6. The number of hydrogen-bond acceptors (Lipinski definition) is 1. The van der Waals surface area contributed by atoms with E-state index >= 15 is 0 Å². The van der Waals surface area contributed by atoms with Gasteiger partial charge in [0.05, 0.1) is 0 Å². The van der Waals surface area contributed by atoms with Crippen molar-refractivity contribution in [3.63, 3.8) is 0 Å². The first-order valence-electron chi connectivity index (χ1n) is 1.86. The van der Waals surface area contributed by atoms with Crippen molar-refractivity contribution >= 4 is 0 Å². The van der Waals surface area contributed by atoms with Crippen LogP contribution < -0.4 is 5.56 Å². The van der Waals surface area contributed by atoms with E-state index in [4.69, 9.17) is 0 Å². The Kier molecular flexibility index (Phi) is 0.833. The van der Waals surface area contributed by atoms with Crippen LogP contribution in [0.5, 0.6) is 0 Å². The minimum Gasteiger partial charge on any atom is -0.281 e. The molecule has 0 spiro atoms. The fourth-order valence-corrected chi connectivity index (χ4v) is 0.298. The highest BCUT2D eigenvalue weighted by Gasteiger charge is 1.67. The summed E-state index contributed by atoms with van der Waals surface area (Å²) in [5, 5.41) is 0. The van der Waals surface area contributed by atoms with E-state index in [1.807, 2.05) is 0 Å². The molecule has 1 N–H and O–H groups in total. The summed E-state index contributed by atoms with van der Waals surface area (Å²) >= 11 is 0. The van der Waals surface area contributed by atoms with Crippen LogP contribution in [-0.4, -0.2) is 4.98 Å². The van der Waals surface area contributed by atoms with E-state index in [-0.39, 0.29) is 5.56 Å². The quantitative estimate of drug-likeness (QED) is 0.480. The Bertz CT molecular complexity index is 174. The molecular formula is C5H3NO. The van der Waals surface area contributed by atoms with Crippen molar-refractivity contribution in [1.29, 1.82) is 0 Å². The normalized spacial score (nSPS) is 7.43. The van der Waals surface area contributed by atoms with Crippen LogP contribution in [0.2, 0.25) is 0 Å². The van der Waals surface area contributed by atoms with E-state index < -0.39 is 0 Å². The maximum Gasteiger partial charge on any atom is 0.256 e. The molecule has 1 heterocycles. The Morgan fingerprint density at radius 2 is 2.57 bits per heavy atom. The monoisotopic (exact) mass is 93.0 g/mol. The van der Waals surface area contributed by atoms with Crippen molar-refractivity contribution in [3.05, 3.63) is 34.7 Å². The minimum atomic E-state index is -0.140. The highest BCUT2D eigenvalue weighted by molar-refractivity contribution is 4.80. The molecule has 0 fully saturated rings. The first-order valence-corrected chi connectivity index (χ1v) is 1.86. The molecule has 1 aromatic heterocycles. The number of aromatic amines is 1. The predicted molar refractivity (Wildman–Crippen MR) is 24.7 cm³/mol. The summed E-state index contributed by atoms with van der Waals surface area (Å²) in [7, 11) is 0. The van der Waals surface area contributed by atoms with Crippen LogP contribution >= 0.6 is 0 Å². The van der Waals surface area contributed by atoms with Gasteiger partial charge < -0.3 is 0 Å². The van der Waals surface area contributed by atoms with E-state index in [9.17, 15) is 4.79 Å². The number of aromatic nitrogens is 1. The lowest BCUT2D eigenvalue weighted by molar-refractivity contribution is 1.25. The third kappa shape index (κ3) is 0.799. The molecule has 7 heavy (non-hydrogen) atoms. The first-order chi connectivity index (χ1) is 3.39. The average Bonchev–Trinajstić information content (AvgIpc) is 1.69. The molecule has 0 aliphatic carbocycles. The molecule has 0 atom stereocenters. The van der Waals surface area contributed by atoms with Crippen LogP contribution in [0.1, 0.15) is 0 Å². The summed E-state index contributed by atoms with van der Waals surface area (Å²) in [6.07, 6.45) is 2.40. The van der Waals surface area contributed by atoms with Gasteiger partial charge in [-0.15, -0.1) is 0 Å². The molecule has 1 aromatic rings. The van der Waals surface area contributed by atoms with E-state index in [1.54, 1.807) is 0 Å².